The molecule has 2 saturated heterocycles. The number of benzene rings is 1. The highest BCUT2D eigenvalue weighted by molar-refractivity contribution is 5.58. The summed E-state index contributed by atoms with van der Waals surface area (Å²) in [6.07, 6.45) is 4.69. The van der Waals surface area contributed by atoms with Gasteiger partial charge in [-0.05, 0) is 63.8 Å². The van der Waals surface area contributed by atoms with E-state index in [0.29, 0.717) is 12.7 Å². The minimum absolute atomic E-state index is 0.277. The molecule has 2 N–H and O–H groups in total. The maximum atomic E-state index is 6.18. The highest BCUT2D eigenvalue weighted by Gasteiger charge is 2.29. The van der Waals surface area contributed by atoms with Crippen LogP contribution in [0.2, 0.25) is 0 Å². The first-order valence-corrected chi connectivity index (χ1v) is 8.42. The first-order chi connectivity index (χ1) is 10.9. The van der Waals surface area contributed by atoms with Crippen LogP contribution in [-0.4, -0.2) is 39.1 Å². The molecular formula is C17H24N2O3. The van der Waals surface area contributed by atoms with Gasteiger partial charge < -0.3 is 24.8 Å². The Hall–Kier alpha value is -1.46. The molecule has 0 atom stereocenters. The Morgan fingerprint density at radius 2 is 1.55 bits per heavy atom. The topological polar surface area (TPSA) is 51.8 Å². The second-order valence-electron chi connectivity index (χ2n) is 6.31. The number of piperidine rings is 2. The van der Waals surface area contributed by atoms with Gasteiger partial charge in [-0.25, -0.2) is 0 Å². The molecule has 0 radical (unpaired) electrons. The Labute approximate surface area is 131 Å². The highest BCUT2D eigenvalue weighted by Crippen LogP contribution is 2.47. The van der Waals surface area contributed by atoms with Crippen molar-refractivity contribution in [2.45, 2.75) is 37.7 Å². The van der Waals surface area contributed by atoms with Crippen LogP contribution in [0.3, 0.4) is 0 Å². The lowest BCUT2D eigenvalue weighted by atomic mass is 9.89. The number of ether oxygens (including phenoxy) is 3. The van der Waals surface area contributed by atoms with E-state index in [1.165, 1.54) is 5.56 Å². The van der Waals surface area contributed by atoms with Crippen molar-refractivity contribution in [3.8, 4) is 17.2 Å². The van der Waals surface area contributed by atoms with E-state index in [0.717, 1.165) is 69.1 Å². The molecule has 4 rings (SSSR count). The van der Waals surface area contributed by atoms with Crippen molar-refractivity contribution in [2.75, 3.05) is 33.0 Å². The number of nitrogens with one attached hydrogen (secondary N) is 2. The first-order valence-electron chi connectivity index (χ1n) is 8.42. The molecule has 0 bridgehead atoms. The fourth-order valence-electron chi connectivity index (χ4n) is 3.63. The van der Waals surface area contributed by atoms with E-state index in [-0.39, 0.29) is 6.10 Å². The summed E-state index contributed by atoms with van der Waals surface area (Å²) in [6.45, 7) is 4.51. The van der Waals surface area contributed by atoms with Crippen molar-refractivity contribution >= 4 is 0 Å². The molecule has 0 saturated carbocycles. The van der Waals surface area contributed by atoms with Gasteiger partial charge >= 0.3 is 0 Å². The molecule has 3 heterocycles. The summed E-state index contributed by atoms with van der Waals surface area (Å²) in [5, 5.41) is 6.78. The molecule has 120 valence electrons. The second-order valence-corrected chi connectivity index (χ2v) is 6.31. The SMILES string of the molecule is c1cc(C2CCNCC2)c2c(c1OC1CCNCC1)OCO2. The average molecular weight is 304 g/mol. The Morgan fingerprint density at radius 3 is 2.32 bits per heavy atom. The standard InChI is InChI=1S/C17H24N2O3/c1-2-15(22-13-5-9-19-10-6-13)17-16(20-11-21-17)14(1)12-3-7-18-8-4-12/h1-2,12-13,18-19H,3-11H2. The molecule has 0 unspecified atom stereocenters. The Bertz CT molecular complexity index is 523. The van der Waals surface area contributed by atoms with Gasteiger partial charge in [0.15, 0.2) is 11.5 Å². The first kappa shape index (κ1) is 14.2. The quantitative estimate of drug-likeness (QED) is 0.895. The summed E-state index contributed by atoms with van der Waals surface area (Å²) in [6, 6.07) is 4.26. The Balaban J connectivity index is 1.57. The zero-order valence-corrected chi connectivity index (χ0v) is 12.9. The molecule has 3 aliphatic rings. The predicted molar refractivity (Wildman–Crippen MR) is 83.9 cm³/mol. The molecule has 1 aromatic carbocycles. The van der Waals surface area contributed by atoms with E-state index >= 15 is 0 Å². The molecule has 5 nitrogen and oxygen atoms in total. The molecule has 5 heteroatoms. The van der Waals surface area contributed by atoms with Crippen LogP contribution in [0.15, 0.2) is 12.1 Å². The predicted octanol–water partition coefficient (Wildman–Crippen LogP) is 2.01. The second kappa shape index (κ2) is 6.34. The number of rotatable bonds is 3. The van der Waals surface area contributed by atoms with Gasteiger partial charge in [0.25, 0.3) is 0 Å². The maximum absolute atomic E-state index is 6.18. The van der Waals surface area contributed by atoms with Gasteiger partial charge in [-0.3, -0.25) is 0 Å². The van der Waals surface area contributed by atoms with Gasteiger partial charge in [0.1, 0.15) is 6.10 Å². The van der Waals surface area contributed by atoms with Gasteiger partial charge in [-0.15, -0.1) is 0 Å². The number of hydrogen-bond acceptors (Lipinski definition) is 5. The van der Waals surface area contributed by atoms with Gasteiger partial charge in [0, 0.05) is 5.56 Å². The Morgan fingerprint density at radius 1 is 0.864 bits per heavy atom. The minimum atomic E-state index is 0.277. The van der Waals surface area contributed by atoms with Crippen molar-refractivity contribution in [1.82, 2.24) is 10.6 Å². The highest BCUT2D eigenvalue weighted by atomic mass is 16.7. The lowest BCUT2D eigenvalue weighted by molar-refractivity contribution is 0.144. The van der Waals surface area contributed by atoms with Crippen molar-refractivity contribution in [3.63, 3.8) is 0 Å². The van der Waals surface area contributed by atoms with Crippen molar-refractivity contribution in [2.24, 2.45) is 0 Å². The summed E-state index contributed by atoms with van der Waals surface area (Å²) in [7, 11) is 0. The summed E-state index contributed by atoms with van der Waals surface area (Å²) in [4.78, 5) is 0. The number of hydrogen-bond donors (Lipinski definition) is 2. The fourth-order valence-corrected chi connectivity index (χ4v) is 3.63. The number of fused-ring (bicyclic) bond motifs is 1. The monoisotopic (exact) mass is 304 g/mol. The van der Waals surface area contributed by atoms with Crippen LogP contribution >= 0.6 is 0 Å². The van der Waals surface area contributed by atoms with Crippen LogP contribution in [0, 0.1) is 0 Å². The molecule has 0 aromatic heterocycles. The summed E-state index contributed by atoms with van der Waals surface area (Å²) in [5.74, 6) is 3.13. The van der Waals surface area contributed by atoms with Gasteiger partial charge in [0.2, 0.25) is 12.5 Å². The maximum Gasteiger partial charge on any atom is 0.231 e. The van der Waals surface area contributed by atoms with E-state index in [1.807, 2.05) is 0 Å². The molecule has 22 heavy (non-hydrogen) atoms. The lowest BCUT2D eigenvalue weighted by Crippen LogP contribution is -2.34. The summed E-state index contributed by atoms with van der Waals surface area (Å²) in [5.41, 5.74) is 1.28. The zero-order valence-electron chi connectivity index (χ0n) is 12.9. The third-order valence-corrected chi connectivity index (χ3v) is 4.87. The normalized spacial score (nSPS) is 22.7. The smallest absolute Gasteiger partial charge is 0.231 e. The van der Waals surface area contributed by atoms with Crippen LogP contribution in [-0.2, 0) is 0 Å². The third kappa shape index (κ3) is 2.75. The Kier molecular flexibility index (Phi) is 4.08. The molecule has 1 aromatic rings. The molecule has 0 amide bonds. The molecule has 0 spiro atoms. The average Bonchev–Trinajstić information content (AvgIpc) is 3.07. The van der Waals surface area contributed by atoms with Crippen molar-refractivity contribution in [3.05, 3.63) is 17.7 Å². The third-order valence-electron chi connectivity index (χ3n) is 4.87. The van der Waals surface area contributed by atoms with Crippen LogP contribution in [0.1, 0.15) is 37.2 Å². The van der Waals surface area contributed by atoms with E-state index < -0.39 is 0 Å². The van der Waals surface area contributed by atoms with Gasteiger partial charge in [0.05, 0.1) is 0 Å². The van der Waals surface area contributed by atoms with Crippen molar-refractivity contribution in [1.29, 1.82) is 0 Å². The molecular weight excluding hydrogens is 280 g/mol. The summed E-state index contributed by atoms with van der Waals surface area (Å²) >= 11 is 0. The van der Waals surface area contributed by atoms with Crippen LogP contribution in [0.5, 0.6) is 17.2 Å². The van der Waals surface area contributed by atoms with E-state index in [9.17, 15) is 0 Å². The fraction of sp³-hybridized carbons (Fsp3) is 0.647. The molecule has 0 aliphatic carbocycles. The minimum Gasteiger partial charge on any atom is -0.486 e. The lowest BCUT2D eigenvalue weighted by Gasteiger charge is -2.26. The van der Waals surface area contributed by atoms with Crippen LogP contribution < -0.4 is 24.8 Å². The van der Waals surface area contributed by atoms with E-state index in [2.05, 4.69) is 22.8 Å². The van der Waals surface area contributed by atoms with E-state index in [4.69, 9.17) is 14.2 Å². The largest absolute Gasteiger partial charge is 0.486 e. The molecule has 3 aliphatic heterocycles. The van der Waals surface area contributed by atoms with Gasteiger partial charge in [-0.1, -0.05) is 6.07 Å². The van der Waals surface area contributed by atoms with Gasteiger partial charge in [-0.2, -0.15) is 0 Å². The van der Waals surface area contributed by atoms with Crippen molar-refractivity contribution < 1.29 is 14.2 Å². The zero-order chi connectivity index (χ0) is 14.8. The van der Waals surface area contributed by atoms with Crippen LogP contribution in [0.4, 0.5) is 0 Å². The van der Waals surface area contributed by atoms with Crippen LogP contribution in [0.25, 0.3) is 0 Å². The van der Waals surface area contributed by atoms with E-state index in [1.54, 1.807) is 0 Å². The summed E-state index contributed by atoms with van der Waals surface area (Å²) < 4.78 is 17.7. The molecule has 2 fully saturated rings.